The molecule has 7 nitrogen and oxygen atoms in total. The van der Waals surface area contributed by atoms with Gasteiger partial charge in [-0.2, -0.15) is 0 Å². The van der Waals surface area contributed by atoms with Crippen LogP contribution in [0.2, 0.25) is 5.02 Å². The third-order valence-corrected chi connectivity index (χ3v) is 6.78. The Morgan fingerprint density at radius 2 is 1.73 bits per heavy atom. The predicted molar refractivity (Wildman–Crippen MR) is 153 cm³/mol. The van der Waals surface area contributed by atoms with Gasteiger partial charge in [-0.05, 0) is 55.8 Å². The summed E-state index contributed by atoms with van der Waals surface area (Å²) in [5.41, 5.74) is 8.95. The van der Waals surface area contributed by atoms with E-state index in [-0.39, 0.29) is 18.2 Å². The minimum absolute atomic E-state index is 0.208. The number of carbonyl (C=O) groups excluding carboxylic acids is 3. The van der Waals surface area contributed by atoms with E-state index in [4.69, 9.17) is 17.3 Å². The zero-order valence-electron chi connectivity index (χ0n) is 20.3. The van der Waals surface area contributed by atoms with E-state index >= 15 is 0 Å². The van der Waals surface area contributed by atoms with Crippen molar-refractivity contribution >= 4 is 73.6 Å². The van der Waals surface area contributed by atoms with Crippen molar-refractivity contribution in [1.29, 1.82) is 0 Å². The number of halogens is 2. The first-order chi connectivity index (χ1) is 17.6. The summed E-state index contributed by atoms with van der Waals surface area (Å²) < 4.78 is 0. The fraction of sp³-hybridized carbons (Fsp3) is 0.179. The van der Waals surface area contributed by atoms with Crippen LogP contribution in [-0.2, 0) is 14.4 Å². The largest absolute Gasteiger partial charge is 0.368 e. The van der Waals surface area contributed by atoms with E-state index in [2.05, 4.69) is 26.6 Å². The summed E-state index contributed by atoms with van der Waals surface area (Å²) in [6.07, 6.45) is 0.208. The number of alkyl halides is 1. The molecule has 3 amide bonds. The smallest absolute Gasteiger partial charge is 0.258 e. The molecule has 4 N–H and O–H groups in total. The molecule has 1 aliphatic rings. The molecule has 4 rings (SSSR count). The summed E-state index contributed by atoms with van der Waals surface area (Å²) >= 11 is 9.43. The number of nitrogens with two attached hydrogens (primary N) is 1. The molecule has 0 bridgehead atoms. The summed E-state index contributed by atoms with van der Waals surface area (Å²) in [5.74, 6) is -1.08. The minimum atomic E-state index is -1.22. The molecule has 0 spiro atoms. The lowest BCUT2D eigenvalue weighted by Gasteiger charge is -2.36. The highest BCUT2D eigenvalue weighted by molar-refractivity contribution is 9.09. The molecule has 0 saturated heterocycles. The van der Waals surface area contributed by atoms with Crippen LogP contribution in [0.1, 0.15) is 31.4 Å². The second-order valence-electron chi connectivity index (χ2n) is 9.02. The van der Waals surface area contributed by atoms with Gasteiger partial charge < -0.3 is 16.4 Å². The number of carbonyl (C=O) groups is 3. The van der Waals surface area contributed by atoms with Gasteiger partial charge in [0.1, 0.15) is 5.54 Å². The topological polar surface area (TPSA) is 105 Å². The maximum atomic E-state index is 13.1. The monoisotopic (exact) mass is 580 g/mol. The molecule has 37 heavy (non-hydrogen) atoms. The molecule has 3 aromatic rings. The van der Waals surface area contributed by atoms with E-state index in [1.807, 2.05) is 36.4 Å². The Balaban J connectivity index is 1.76. The number of fused-ring (bicyclic) bond motifs is 1. The summed E-state index contributed by atoms with van der Waals surface area (Å²) in [7, 11) is 0. The lowest BCUT2D eigenvalue weighted by molar-refractivity contribution is -0.127. The third-order valence-electron chi connectivity index (χ3n) is 6.15. The molecule has 0 radical (unpaired) electrons. The van der Waals surface area contributed by atoms with Crippen LogP contribution in [0, 0.1) is 0 Å². The Kier molecular flexibility index (Phi) is 7.71. The second kappa shape index (κ2) is 10.8. The van der Waals surface area contributed by atoms with E-state index in [1.54, 1.807) is 50.2 Å². The predicted octanol–water partition coefficient (Wildman–Crippen LogP) is 5.65. The highest BCUT2D eigenvalue weighted by atomic mass is 79.9. The fourth-order valence-electron chi connectivity index (χ4n) is 4.20. The number of nitrogens with one attached hydrogen (secondary N) is 2. The van der Waals surface area contributed by atoms with Gasteiger partial charge in [-0.15, -0.1) is 0 Å². The summed E-state index contributed by atoms with van der Waals surface area (Å²) in [6, 6.07) is 21.9. The number of benzene rings is 3. The Morgan fingerprint density at radius 1 is 1.05 bits per heavy atom. The zero-order valence-corrected chi connectivity index (χ0v) is 22.7. The lowest BCUT2D eigenvalue weighted by atomic mass is 9.99. The van der Waals surface area contributed by atoms with E-state index in [0.29, 0.717) is 38.7 Å². The van der Waals surface area contributed by atoms with Gasteiger partial charge in [0.05, 0.1) is 17.0 Å². The van der Waals surface area contributed by atoms with E-state index < -0.39 is 11.4 Å². The van der Waals surface area contributed by atoms with Crippen molar-refractivity contribution in [2.45, 2.75) is 25.8 Å². The van der Waals surface area contributed by atoms with Gasteiger partial charge in [-0.25, -0.2) is 0 Å². The van der Waals surface area contributed by atoms with Crippen LogP contribution in [0.4, 0.5) is 17.1 Å². The van der Waals surface area contributed by atoms with Crippen LogP contribution in [0.25, 0.3) is 11.3 Å². The van der Waals surface area contributed by atoms with Crippen LogP contribution in [0.15, 0.2) is 72.8 Å². The number of nitrogens with zero attached hydrogens (tertiary/aromatic N) is 1. The van der Waals surface area contributed by atoms with E-state index in [1.165, 1.54) is 4.90 Å². The van der Waals surface area contributed by atoms with Gasteiger partial charge in [0.15, 0.2) is 0 Å². The van der Waals surface area contributed by atoms with Crippen LogP contribution >= 0.6 is 27.5 Å². The van der Waals surface area contributed by atoms with E-state index in [9.17, 15) is 14.4 Å². The highest BCUT2D eigenvalue weighted by Gasteiger charge is 2.37. The first kappa shape index (κ1) is 26.4. The highest BCUT2D eigenvalue weighted by Crippen LogP contribution is 2.39. The number of hydrogen-bond acceptors (Lipinski definition) is 4. The molecular formula is C28H26BrClN4O3. The molecule has 190 valence electrons. The molecular weight excluding hydrogens is 556 g/mol. The van der Waals surface area contributed by atoms with Crippen molar-refractivity contribution in [3.05, 3.63) is 88.9 Å². The lowest BCUT2D eigenvalue weighted by Crippen LogP contribution is -2.56. The van der Waals surface area contributed by atoms with Crippen molar-refractivity contribution in [2.24, 2.45) is 5.73 Å². The molecule has 0 atom stereocenters. The molecule has 3 aromatic carbocycles. The molecule has 0 aliphatic carbocycles. The summed E-state index contributed by atoms with van der Waals surface area (Å²) in [5, 5.41) is 7.26. The second-order valence-corrected chi connectivity index (χ2v) is 10.3. The van der Waals surface area contributed by atoms with Crippen LogP contribution in [-0.4, -0.2) is 28.6 Å². The van der Waals surface area contributed by atoms with Crippen molar-refractivity contribution in [1.82, 2.24) is 0 Å². The first-order valence-electron chi connectivity index (χ1n) is 11.6. The normalized spacial score (nSPS) is 14.0. The van der Waals surface area contributed by atoms with Crippen molar-refractivity contribution in [3.8, 4) is 0 Å². The van der Waals surface area contributed by atoms with Gasteiger partial charge >= 0.3 is 0 Å². The van der Waals surface area contributed by atoms with Gasteiger partial charge in [0.25, 0.3) is 5.91 Å². The third kappa shape index (κ3) is 5.40. The Bertz CT molecular complexity index is 1390. The number of hydrogen-bond donors (Lipinski definition) is 3. The van der Waals surface area contributed by atoms with Crippen LogP contribution in [0.5, 0.6) is 0 Å². The maximum Gasteiger partial charge on any atom is 0.258 e. The Labute approximate surface area is 228 Å². The number of rotatable bonds is 8. The molecule has 9 heteroatoms. The van der Waals surface area contributed by atoms with Crippen molar-refractivity contribution in [2.75, 3.05) is 20.9 Å². The average molecular weight is 582 g/mol. The van der Waals surface area contributed by atoms with Gasteiger partial charge in [-0.3, -0.25) is 19.3 Å². The summed E-state index contributed by atoms with van der Waals surface area (Å²) in [4.78, 5) is 39.5. The average Bonchev–Trinajstić information content (AvgIpc) is 3.18. The van der Waals surface area contributed by atoms with Crippen molar-refractivity contribution in [3.63, 3.8) is 0 Å². The molecule has 0 aromatic heterocycles. The molecule has 0 saturated carbocycles. The van der Waals surface area contributed by atoms with Crippen LogP contribution in [0.3, 0.4) is 0 Å². The molecule has 0 unspecified atom stereocenters. The van der Waals surface area contributed by atoms with E-state index in [0.717, 1.165) is 11.1 Å². The Morgan fingerprint density at radius 3 is 2.35 bits per heavy atom. The number of primary amides is 1. The van der Waals surface area contributed by atoms with Gasteiger partial charge in [0.2, 0.25) is 11.8 Å². The first-order valence-corrected chi connectivity index (χ1v) is 13.1. The minimum Gasteiger partial charge on any atom is -0.368 e. The maximum absolute atomic E-state index is 13.1. The zero-order chi connectivity index (χ0) is 26.7. The number of anilines is 3. The molecule has 0 fully saturated rings. The fourth-order valence-corrected chi connectivity index (χ4v) is 4.71. The molecule has 1 aliphatic heterocycles. The van der Waals surface area contributed by atoms with Crippen LogP contribution < -0.4 is 21.3 Å². The molecule has 1 heterocycles. The summed E-state index contributed by atoms with van der Waals surface area (Å²) in [6.45, 7) is 3.24. The Hall–Kier alpha value is -3.62. The van der Waals surface area contributed by atoms with Gasteiger partial charge in [-0.1, -0.05) is 63.9 Å². The standard InChI is InChI=1S/C28H26BrClN4O3/c1-28(2,27(31)37)34(23(35)14-15-29)20-11-9-19(10-12-20)32-25(17-6-4-3-5-7-17)24-21-13-8-18(30)16-22(21)33-26(24)36/h3-13,16,32H,14-15H2,1-2H3,(H2,31,37)(H,33,36). The van der Waals surface area contributed by atoms with Crippen molar-refractivity contribution < 1.29 is 14.4 Å². The SMILES string of the molecule is CC(C)(C(N)=O)N(C(=O)CCBr)c1ccc(NC(=C2C(=O)Nc3cc(Cl)ccc32)c2ccccc2)cc1. The quantitative estimate of drug-likeness (QED) is 0.236. The number of amides is 3. The van der Waals surface area contributed by atoms with Gasteiger partial charge in [0, 0.05) is 33.7 Å².